The lowest BCUT2D eigenvalue weighted by molar-refractivity contribution is 0.0696. The maximum absolute atomic E-state index is 12.4. The number of carboxylic acids is 1. The molecule has 6 heteroatoms. The molecule has 0 amide bonds. The van der Waals surface area contributed by atoms with E-state index in [9.17, 15) is 13.2 Å². The van der Waals surface area contributed by atoms with Crippen LogP contribution in [-0.2, 0) is 16.4 Å². The number of carboxylic acid groups (broad SMARTS) is 1. The average Bonchev–Trinajstić information content (AvgIpc) is 2.47. The summed E-state index contributed by atoms with van der Waals surface area (Å²) in [7, 11) is -3.76. The van der Waals surface area contributed by atoms with Crippen LogP contribution in [0.2, 0.25) is 0 Å². The van der Waals surface area contributed by atoms with Crippen molar-refractivity contribution in [1.29, 1.82) is 0 Å². The molecule has 2 rings (SSSR count). The highest BCUT2D eigenvalue weighted by molar-refractivity contribution is 7.91. The summed E-state index contributed by atoms with van der Waals surface area (Å²) in [5, 5.41) is 17.8. The van der Waals surface area contributed by atoms with E-state index in [0.29, 0.717) is 5.56 Å². The smallest absolute Gasteiger partial charge is 0.335 e. The van der Waals surface area contributed by atoms with Crippen LogP contribution in [0.1, 0.15) is 15.9 Å². The molecule has 2 aromatic rings. The Morgan fingerprint density at radius 3 is 2.20 bits per heavy atom. The van der Waals surface area contributed by atoms with E-state index in [1.165, 1.54) is 42.5 Å². The summed E-state index contributed by atoms with van der Waals surface area (Å²) in [6.07, 6.45) is 0. The molecule has 0 aromatic heterocycles. The summed E-state index contributed by atoms with van der Waals surface area (Å²) in [5.41, 5.74) is 0.515. The summed E-state index contributed by atoms with van der Waals surface area (Å²) in [5.74, 6) is -1.18. The number of hydrogen-bond donors (Lipinski definition) is 2. The molecule has 2 N–H and O–H groups in total. The van der Waals surface area contributed by atoms with Gasteiger partial charge in [-0.2, -0.15) is 0 Å². The molecular formula is C14H12O5S. The molecule has 0 aliphatic heterocycles. The number of benzene rings is 2. The maximum atomic E-state index is 12.4. The Bertz CT molecular complexity index is 732. The molecule has 20 heavy (non-hydrogen) atoms. The molecular weight excluding hydrogens is 280 g/mol. The first kappa shape index (κ1) is 14.2. The van der Waals surface area contributed by atoms with Gasteiger partial charge < -0.3 is 10.2 Å². The predicted molar refractivity (Wildman–Crippen MR) is 71.2 cm³/mol. The van der Waals surface area contributed by atoms with Crippen LogP contribution in [0.5, 0.6) is 0 Å². The Labute approximate surface area is 116 Å². The molecule has 0 radical (unpaired) electrons. The normalized spacial score (nSPS) is 11.2. The monoisotopic (exact) mass is 292 g/mol. The first-order chi connectivity index (χ1) is 9.45. The van der Waals surface area contributed by atoms with E-state index in [4.69, 9.17) is 10.2 Å². The zero-order chi connectivity index (χ0) is 14.8. The Morgan fingerprint density at radius 1 is 1.00 bits per heavy atom. The maximum Gasteiger partial charge on any atom is 0.335 e. The summed E-state index contributed by atoms with van der Waals surface area (Å²) >= 11 is 0. The van der Waals surface area contributed by atoms with E-state index in [1.54, 1.807) is 0 Å². The summed E-state index contributed by atoms with van der Waals surface area (Å²) in [4.78, 5) is 10.9. The van der Waals surface area contributed by atoms with Gasteiger partial charge in [0, 0.05) is 0 Å². The molecule has 0 bridgehead atoms. The average molecular weight is 292 g/mol. The number of aliphatic hydroxyl groups is 1. The van der Waals surface area contributed by atoms with E-state index in [-0.39, 0.29) is 22.0 Å². The number of rotatable bonds is 4. The van der Waals surface area contributed by atoms with E-state index in [1.807, 2.05) is 0 Å². The second kappa shape index (κ2) is 5.44. The van der Waals surface area contributed by atoms with Crippen molar-refractivity contribution in [3.63, 3.8) is 0 Å². The second-order valence-electron chi connectivity index (χ2n) is 4.14. The summed E-state index contributed by atoms with van der Waals surface area (Å²) in [6, 6.07) is 11.0. The molecule has 0 unspecified atom stereocenters. The molecule has 0 heterocycles. The predicted octanol–water partition coefficient (Wildman–Crippen LogP) is 1.71. The molecule has 5 nitrogen and oxygen atoms in total. The van der Waals surface area contributed by atoms with Crippen LogP contribution in [-0.4, -0.2) is 24.6 Å². The second-order valence-corrected chi connectivity index (χ2v) is 6.09. The molecule has 0 fully saturated rings. The van der Waals surface area contributed by atoms with Gasteiger partial charge in [-0.3, -0.25) is 0 Å². The van der Waals surface area contributed by atoms with Crippen molar-refractivity contribution in [2.24, 2.45) is 0 Å². The zero-order valence-corrected chi connectivity index (χ0v) is 11.2. The third kappa shape index (κ3) is 2.71. The molecule has 0 aliphatic carbocycles. The zero-order valence-electron chi connectivity index (χ0n) is 10.4. The van der Waals surface area contributed by atoms with Crippen LogP contribution >= 0.6 is 0 Å². The van der Waals surface area contributed by atoms with Gasteiger partial charge in [0.25, 0.3) is 0 Å². The fourth-order valence-corrected chi connectivity index (χ4v) is 3.01. The van der Waals surface area contributed by atoms with Crippen molar-refractivity contribution in [2.45, 2.75) is 16.4 Å². The van der Waals surface area contributed by atoms with Crippen molar-refractivity contribution in [1.82, 2.24) is 0 Å². The van der Waals surface area contributed by atoms with E-state index in [0.717, 1.165) is 6.07 Å². The third-order valence-electron chi connectivity index (χ3n) is 2.81. The Balaban J connectivity index is 2.48. The molecule has 0 spiro atoms. The first-order valence-corrected chi connectivity index (χ1v) is 7.21. The van der Waals surface area contributed by atoms with Crippen LogP contribution in [0.3, 0.4) is 0 Å². The SMILES string of the molecule is O=C(O)c1cccc(S(=O)(=O)c2ccc(CO)cc2)c1. The van der Waals surface area contributed by atoms with Crippen molar-refractivity contribution in [3.05, 3.63) is 59.7 Å². The highest BCUT2D eigenvalue weighted by Gasteiger charge is 2.18. The number of aliphatic hydroxyl groups excluding tert-OH is 1. The van der Waals surface area contributed by atoms with Gasteiger partial charge in [-0.05, 0) is 35.9 Å². The minimum Gasteiger partial charge on any atom is -0.478 e. The lowest BCUT2D eigenvalue weighted by atomic mass is 10.2. The van der Waals surface area contributed by atoms with E-state index >= 15 is 0 Å². The topological polar surface area (TPSA) is 91.7 Å². The van der Waals surface area contributed by atoms with Gasteiger partial charge in [-0.1, -0.05) is 18.2 Å². The van der Waals surface area contributed by atoms with Crippen LogP contribution in [0.4, 0.5) is 0 Å². The van der Waals surface area contributed by atoms with Crippen LogP contribution < -0.4 is 0 Å². The highest BCUT2D eigenvalue weighted by Crippen LogP contribution is 2.22. The van der Waals surface area contributed by atoms with Gasteiger partial charge in [0.2, 0.25) is 9.84 Å². The minimum absolute atomic E-state index is 0.0530. The minimum atomic E-state index is -3.76. The number of aromatic carboxylic acids is 1. The number of sulfone groups is 1. The highest BCUT2D eigenvalue weighted by atomic mass is 32.2. The third-order valence-corrected chi connectivity index (χ3v) is 4.57. The van der Waals surface area contributed by atoms with Gasteiger partial charge in [-0.15, -0.1) is 0 Å². The molecule has 0 saturated carbocycles. The summed E-state index contributed by atoms with van der Waals surface area (Å²) in [6.45, 7) is -0.172. The Kier molecular flexibility index (Phi) is 3.87. The fraction of sp³-hybridized carbons (Fsp3) is 0.0714. The van der Waals surface area contributed by atoms with E-state index < -0.39 is 15.8 Å². The molecule has 104 valence electrons. The fourth-order valence-electron chi connectivity index (χ4n) is 1.71. The van der Waals surface area contributed by atoms with Crippen LogP contribution in [0, 0.1) is 0 Å². The standard InChI is InChI=1S/C14H12O5S/c15-9-10-4-6-12(7-5-10)20(18,19)13-3-1-2-11(8-13)14(16)17/h1-8,15H,9H2,(H,16,17). The van der Waals surface area contributed by atoms with Crippen molar-refractivity contribution in [2.75, 3.05) is 0 Å². The largest absolute Gasteiger partial charge is 0.478 e. The molecule has 0 atom stereocenters. The number of carbonyl (C=O) groups is 1. The first-order valence-electron chi connectivity index (χ1n) is 5.73. The van der Waals surface area contributed by atoms with Gasteiger partial charge in [0.1, 0.15) is 0 Å². The van der Waals surface area contributed by atoms with Gasteiger partial charge in [0.05, 0.1) is 22.0 Å². The molecule has 0 saturated heterocycles. The van der Waals surface area contributed by atoms with Crippen molar-refractivity contribution >= 4 is 15.8 Å². The summed E-state index contributed by atoms with van der Waals surface area (Å²) < 4.78 is 24.7. The molecule has 2 aromatic carbocycles. The van der Waals surface area contributed by atoms with Gasteiger partial charge in [-0.25, -0.2) is 13.2 Å². The van der Waals surface area contributed by atoms with Crippen molar-refractivity contribution in [3.8, 4) is 0 Å². The van der Waals surface area contributed by atoms with Gasteiger partial charge in [0.15, 0.2) is 0 Å². The van der Waals surface area contributed by atoms with Gasteiger partial charge >= 0.3 is 5.97 Å². The Hall–Kier alpha value is -2.18. The van der Waals surface area contributed by atoms with Crippen LogP contribution in [0.25, 0.3) is 0 Å². The molecule has 0 aliphatic rings. The van der Waals surface area contributed by atoms with Crippen LogP contribution in [0.15, 0.2) is 58.3 Å². The number of hydrogen-bond acceptors (Lipinski definition) is 4. The lowest BCUT2D eigenvalue weighted by Gasteiger charge is -2.06. The quantitative estimate of drug-likeness (QED) is 0.895. The van der Waals surface area contributed by atoms with E-state index in [2.05, 4.69) is 0 Å². The Morgan fingerprint density at radius 2 is 1.65 bits per heavy atom. The lowest BCUT2D eigenvalue weighted by Crippen LogP contribution is -2.04. The van der Waals surface area contributed by atoms with Crippen molar-refractivity contribution < 1.29 is 23.4 Å².